The van der Waals surface area contributed by atoms with Crippen LogP contribution in [-0.2, 0) is 0 Å². The number of nitrogens with zero attached hydrogens (tertiary/aromatic N) is 2. The van der Waals surface area contributed by atoms with Crippen LogP contribution in [0.1, 0.15) is 25.7 Å². The number of carbonyl (C=O) groups excluding carboxylic acids is 1. The molecule has 0 radical (unpaired) electrons. The maximum atomic E-state index is 13.0. The van der Waals surface area contributed by atoms with Gasteiger partial charge in [0.25, 0.3) is 5.92 Å². The first-order valence-electron chi connectivity index (χ1n) is 5.68. The van der Waals surface area contributed by atoms with Crippen molar-refractivity contribution < 1.29 is 13.6 Å². The third-order valence-corrected chi connectivity index (χ3v) is 3.24. The standard InChI is InChI=1S/C10H17F2N3O/c11-10(12)4-6-14(7-10)9(16)15-5-2-1-3-8(15)13/h8H,1-7,13H2. The van der Waals surface area contributed by atoms with E-state index < -0.39 is 12.5 Å². The summed E-state index contributed by atoms with van der Waals surface area (Å²) in [4.78, 5) is 14.7. The fraction of sp³-hybridized carbons (Fsp3) is 0.900. The maximum absolute atomic E-state index is 13.0. The second-order valence-electron chi connectivity index (χ2n) is 4.57. The fourth-order valence-electron chi connectivity index (χ4n) is 2.28. The number of urea groups is 1. The highest BCUT2D eigenvalue weighted by Crippen LogP contribution is 2.28. The van der Waals surface area contributed by atoms with Gasteiger partial charge >= 0.3 is 6.03 Å². The average Bonchev–Trinajstić information content (AvgIpc) is 2.59. The SMILES string of the molecule is NC1CCCCN1C(=O)N1CCC(F)(F)C1. The highest BCUT2D eigenvalue weighted by molar-refractivity contribution is 5.75. The lowest BCUT2D eigenvalue weighted by molar-refractivity contribution is 0.0126. The molecule has 0 bridgehead atoms. The third-order valence-electron chi connectivity index (χ3n) is 3.24. The summed E-state index contributed by atoms with van der Waals surface area (Å²) in [7, 11) is 0. The monoisotopic (exact) mass is 233 g/mol. The number of piperidine rings is 1. The molecule has 6 heteroatoms. The molecule has 1 unspecified atom stereocenters. The summed E-state index contributed by atoms with van der Waals surface area (Å²) in [5.74, 6) is -2.73. The molecule has 0 aromatic carbocycles. The van der Waals surface area contributed by atoms with Gasteiger partial charge in [0.1, 0.15) is 0 Å². The fourth-order valence-corrected chi connectivity index (χ4v) is 2.28. The molecular formula is C10H17F2N3O. The normalized spacial score (nSPS) is 29.6. The Morgan fingerprint density at radius 3 is 2.62 bits per heavy atom. The summed E-state index contributed by atoms with van der Waals surface area (Å²) in [6.07, 6.45) is 2.12. The number of rotatable bonds is 0. The summed E-state index contributed by atoms with van der Waals surface area (Å²) in [6, 6.07) is -0.329. The second kappa shape index (κ2) is 4.16. The number of nitrogens with two attached hydrogens (primary N) is 1. The molecule has 1 atom stereocenters. The van der Waals surface area contributed by atoms with Crippen LogP contribution in [0.2, 0.25) is 0 Å². The van der Waals surface area contributed by atoms with E-state index in [9.17, 15) is 13.6 Å². The lowest BCUT2D eigenvalue weighted by atomic mass is 10.1. The molecule has 2 saturated heterocycles. The number of halogens is 2. The van der Waals surface area contributed by atoms with Gasteiger partial charge in [0.15, 0.2) is 0 Å². The predicted molar refractivity (Wildman–Crippen MR) is 55.1 cm³/mol. The van der Waals surface area contributed by atoms with Crippen LogP contribution >= 0.6 is 0 Å². The molecule has 2 fully saturated rings. The van der Waals surface area contributed by atoms with Gasteiger partial charge in [-0.05, 0) is 19.3 Å². The van der Waals surface area contributed by atoms with Crippen LogP contribution in [0.25, 0.3) is 0 Å². The first-order valence-corrected chi connectivity index (χ1v) is 5.68. The van der Waals surface area contributed by atoms with Crippen molar-refractivity contribution in [3.05, 3.63) is 0 Å². The van der Waals surface area contributed by atoms with Crippen LogP contribution in [0.5, 0.6) is 0 Å². The zero-order chi connectivity index (χ0) is 11.8. The van der Waals surface area contributed by atoms with Crippen molar-refractivity contribution in [1.29, 1.82) is 0 Å². The molecule has 0 saturated carbocycles. The van der Waals surface area contributed by atoms with Crippen LogP contribution < -0.4 is 5.73 Å². The minimum Gasteiger partial charge on any atom is -0.318 e. The average molecular weight is 233 g/mol. The lowest BCUT2D eigenvalue weighted by Gasteiger charge is -2.35. The van der Waals surface area contributed by atoms with E-state index in [1.54, 1.807) is 0 Å². The van der Waals surface area contributed by atoms with E-state index >= 15 is 0 Å². The Balaban J connectivity index is 1.97. The van der Waals surface area contributed by atoms with E-state index in [2.05, 4.69) is 0 Å². The van der Waals surface area contributed by atoms with Crippen molar-refractivity contribution in [1.82, 2.24) is 9.80 Å². The molecule has 0 spiro atoms. The maximum Gasteiger partial charge on any atom is 0.321 e. The molecular weight excluding hydrogens is 216 g/mol. The van der Waals surface area contributed by atoms with E-state index in [-0.39, 0.29) is 25.2 Å². The van der Waals surface area contributed by atoms with Crippen LogP contribution in [0.15, 0.2) is 0 Å². The van der Waals surface area contributed by atoms with Crippen LogP contribution in [-0.4, -0.2) is 47.6 Å². The van der Waals surface area contributed by atoms with Gasteiger partial charge in [-0.1, -0.05) is 0 Å². The molecule has 0 aromatic heterocycles. The highest BCUT2D eigenvalue weighted by atomic mass is 19.3. The molecule has 2 aliphatic heterocycles. The molecule has 0 aromatic rings. The van der Waals surface area contributed by atoms with Gasteiger partial charge in [-0.3, -0.25) is 0 Å². The largest absolute Gasteiger partial charge is 0.321 e. The Bertz CT molecular complexity index is 285. The molecule has 2 amide bonds. The highest BCUT2D eigenvalue weighted by Gasteiger charge is 2.42. The number of amides is 2. The minimum atomic E-state index is -2.73. The van der Waals surface area contributed by atoms with Gasteiger partial charge < -0.3 is 15.5 Å². The first-order chi connectivity index (χ1) is 7.49. The topological polar surface area (TPSA) is 49.6 Å². The van der Waals surface area contributed by atoms with E-state index in [0.29, 0.717) is 6.54 Å². The van der Waals surface area contributed by atoms with Crippen molar-refractivity contribution in [3.8, 4) is 0 Å². The smallest absolute Gasteiger partial charge is 0.318 e. The minimum absolute atomic E-state index is 0.134. The second-order valence-corrected chi connectivity index (χ2v) is 4.57. The Labute approximate surface area is 93.4 Å². The van der Waals surface area contributed by atoms with Crippen molar-refractivity contribution in [3.63, 3.8) is 0 Å². The van der Waals surface area contributed by atoms with Crippen molar-refractivity contribution >= 4 is 6.03 Å². The summed E-state index contributed by atoms with van der Waals surface area (Å²) in [5, 5.41) is 0. The van der Waals surface area contributed by atoms with Gasteiger partial charge in [-0.25, -0.2) is 13.6 Å². The van der Waals surface area contributed by atoms with Crippen LogP contribution in [0.3, 0.4) is 0 Å². The first kappa shape index (κ1) is 11.6. The predicted octanol–water partition coefficient (Wildman–Crippen LogP) is 1.22. The third kappa shape index (κ3) is 2.26. The molecule has 92 valence electrons. The van der Waals surface area contributed by atoms with E-state index in [1.807, 2.05) is 0 Å². The molecule has 2 heterocycles. The zero-order valence-electron chi connectivity index (χ0n) is 9.16. The summed E-state index contributed by atoms with van der Waals surface area (Å²) >= 11 is 0. The number of hydrogen-bond acceptors (Lipinski definition) is 2. The Morgan fingerprint density at radius 1 is 1.31 bits per heavy atom. The number of alkyl halides is 2. The van der Waals surface area contributed by atoms with Gasteiger partial charge in [0.05, 0.1) is 12.7 Å². The molecule has 2 aliphatic rings. The Morgan fingerprint density at radius 2 is 2.06 bits per heavy atom. The van der Waals surface area contributed by atoms with E-state index in [1.165, 1.54) is 9.80 Å². The van der Waals surface area contributed by atoms with Gasteiger partial charge in [-0.2, -0.15) is 0 Å². The Hall–Kier alpha value is -0.910. The molecule has 2 rings (SSSR count). The van der Waals surface area contributed by atoms with Crippen LogP contribution in [0.4, 0.5) is 13.6 Å². The number of hydrogen-bond donors (Lipinski definition) is 1. The number of carbonyl (C=O) groups is 1. The van der Waals surface area contributed by atoms with Gasteiger partial charge in [-0.15, -0.1) is 0 Å². The van der Waals surface area contributed by atoms with Gasteiger partial charge in [0, 0.05) is 19.5 Å². The zero-order valence-corrected chi connectivity index (χ0v) is 9.16. The van der Waals surface area contributed by atoms with Crippen molar-refractivity contribution in [2.45, 2.75) is 37.8 Å². The number of likely N-dealkylation sites (tertiary alicyclic amines) is 2. The Kier molecular flexibility index (Phi) is 3.01. The van der Waals surface area contributed by atoms with Crippen molar-refractivity contribution in [2.24, 2.45) is 5.73 Å². The van der Waals surface area contributed by atoms with Crippen molar-refractivity contribution in [2.75, 3.05) is 19.6 Å². The molecule has 0 aliphatic carbocycles. The summed E-state index contributed by atoms with van der Waals surface area (Å²) in [6.45, 7) is 0.256. The molecule has 16 heavy (non-hydrogen) atoms. The van der Waals surface area contributed by atoms with Gasteiger partial charge in [0.2, 0.25) is 0 Å². The molecule has 2 N–H and O–H groups in total. The molecule has 4 nitrogen and oxygen atoms in total. The lowest BCUT2D eigenvalue weighted by Crippen LogP contribution is -2.53. The summed E-state index contributed by atoms with van der Waals surface area (Å²) in [5.41, 5.74) is 5.81. The quantitative estimate of drug-likeness (QED) is 0.684. The van der Waals surface area contributed by atoms with E-state index in [4.69, 9.17) is 5.73 Å². The van der Waals surface area contributed by atoms with E-state index in [0.717, 1.165) is 19.3 Å². The summed E-state index contributed by atoms with van der Waals surface area (Å²) < 4.78 is 26.0. The van der Waals surface area contributed by atoms with Crippen LogP contribution in [0, 0.1) is 0 Å².